The fraction of sp³-hybridized carbons (Fsp3) is 0.846. The minimum atomic E-state index is -0.392. The van der Waals surface area contributed by atoms with E-state index in [9.17, 15) is 9.59 Å². The topological polar surface area (TPSA) is 72.6 Å². The van der Waals surface area contributed by atoms with Crippen molar-refractivity contribution in [3.05, 3.63) is 0 Å². The molecular weight excluding hydrogens is 232 g/mol. The van der Waals surface area contributed by atoms with Gasteiger partial charge in [0.1, 0.15) is 6.04 Å². The lowest BCUT2D eigenvalue weighted by atomic mass is 9.84. The number of likely N-dealkylation sites (tertiary alicyclic amines) is 1. The summed E-state index contributed by atoms with van der Waals surface area (Å²) in [4.78, 5) is 25.8. The fourth-order valence-corrected chi connectivity index (χ4v) is 3.09. The molecule has 1 saturated carbocycles. The highest BCUT2D eigenvalue weighted by Crippen LogP contribution is 2.28. The number of hydrogen-bond acceptors (Lipinski definition) is 4. The summed E-state index contributed by atoms with van der Waals surface area (Å²) in [6.07, 6.45) is 5.50. The molecular formula is C13H22N2O3. The first kappa shape index (κ1) is 13.3. The Kier molecular flexibility index (Phi) is 4.22. The average Bonchev–Trinajstić information content (AvgIpc) is 2.86. The second-order valence-corrected chi connectivity index (χ2v) is 5.27. The van der Waals surface area contributed by atoms with Crippen LogP contribution in [0.3, 0.4) is 0 Å². The zero-order chi connectivity index (χ0) is 13.1. The predicted octanol–water partition coefficient (Wildman–Crippen LogP) is 0.668. The molecule has 0 spiro atoms. The van der Waals surface area contributed by atoms with Gasteiger partial charge in [-0.25, -0.2) is 4.79 Å². The first-order chi connectivity index (χ1) is 8.65. The van der Waals surface area contributed by atoms with E-state index in [4.69, 9.17) is 10.5 Å². The molecule has 18 heavy (non-hydrogen) atoms. The van der Waals surface area contributed by atoms with Crippen LogP contribution in [0.5, 0.6) is 0 Å². The monoisotopic (exact) mass is 254 g/mol. The summed E-state index contributed by atoms with van der Waals surface area (Å²) in [7, 11) is 1.37. The number of amides is 1. The lowest BCUT2D eigenvalue weighted by Crippen LogP contribution is -2.49. The van der Waals surface area contributed by atoms with Gasteiger partial charge in [0, 0.05) is 12.6 Å². The highest BCUT2D eigenvalue weighted by atomic mass is 16.5. The van der Waals surface area contributed by atoms with Crippen molar-refractivity contribution < 1.29 is 14.3 Å². The molecule has 2 aliphatic rings. The number of methoxy groups -OCH3 is 1. The largest absolute Gasteiger partial charge is 0.467 e. The van der Waals surface area contributed by atoms with Crippen molar-refractivity contribution in [1.82, 2.24) is 4.90 Å². The van der Waals surface area contributed by atoms with Crippen LogP contribution in [-0.2, 0) is 14.3 Å². The Bertz CT molecular complexity index is 332. The number of nitrogens with zero attached hydrogens (tertiary/aromatic N) is 1. The number of carbonyl (C=O) groups is 2. The minimum Gasteiger partial charge on any atom is -0.467 e. The molecule has 0 radical (unpaired) electrons. The maximum absolute atomic E-state index is 12.5. The summed E-state index contributed by atoms with van der Waals surface area (Å²) in [5.74, 6) is -0.357. The van der Waals surface area contributed by atoms with Crippen molar-refractivity contribution in [2.75, 3.05) is 13.7 Å². The normalized spacial score (nSPS) is 32.3. The van der Waals surface area contributed by atoms with Crippen LogP contribution in [0, 0.1) is 5.92 Å². The van der Waals surface area contributed by atoms with Gasteiger partial charge in [0.15, 0.2) is 0 Å². The third-order valence-electron chi connectivity index (χ3n) is 4.15. The minimum absolute atomic E-state index is 0.0508. The molecule has 2 N–H and O–H groups in total. The van der Waals surface area contributed by atoms with Crippen LogP contribution in [0.2, 0.25) is 0 Å². The first-order valence-electron chi connectivity index (χ1n) is 6.79. The number of rotatable bonds is 2. The molecule has 1 heterocycles. The number of ether oxygens (including phenoxy) is 1. The van der Waals surface area contributed by atoms with Gasteiger partial charge in [0.25, 0.3) is 0 Å². The zero-order valence-corrected chi connectivity index (χ0v) is 10.9. The maximum Gasteiger partial charge on any atom is 0.328 e. The van der Waals surface area contributed by atoms with Crippen LogP contribution in [0.25, 0.3) is 0 Å². The Labute approximate surface area is 108 Å². The van der Waals surface area contributed by atoms with E-state index in [0.717, 1.165) is 32.1 Å². The summed E-state index contributed by atoms with van der Waals surface area (Å²) in [5.41, 5.74) is 6.04. The van der Waals surface area contributed by atoms with Crippen molar-refractivity contribution in [2.24, 2.45) is 11.7 Å². The van der Waals surface area contributed by atoms with Gasteiger partial charge < -0.3 is 15.4 Å². The van der Waals surface area contributed by atoms with Crippen LogP contribution in [0.1, 0.15) is 38.5 Å². The third kappa shape index (κ3) is 2.51. The van der Waals surface area contributed by atoms with Gasteiger partial charge >= 0.3 is 5.97 Å². The van der Waals surface area contributed by atoms with Crippen molar-refractivity contribution in [2.45, 2.75) is 50.6 Å². The van der Waals surface area contributed by atoms with Gasteiger partial charge in [-0.1, -0.05) is 12.8 Å². The summed E-state index contributed by atoms with van der Waals surface area (Å²) >= 11 is 0. The van der Waals surface area contributed by atoms with Crippen LogP contribution in [0.15, 0.2) is 0 Å². The van der Waals surface area contributed by atoms with Gasteiger partial charge in [-0.3, -0.25) is 4.79 Å². The first-order valence-corrected chi connectivity index (χ1v) is 6.79. The highest BCUT2D eigenvalue weighted by Gasteiger charge is 2.39. The van der Waals surface area contributed by atoms with E-state index in [0.29, 0.717) is 13.0 Å². The van der Waals surface area contributed by atoms with Gasteiger partial charge in [-0.05, 0) is 25.7 Å². The molecule has 3 unspecified atom stereocenters. The van der Waals surface area contributed by atoms with E-state index < -0.39 is 6.04 Å². The molecule has 2 fully saturated rings. The van der Waals surface area contributed by atoms with E-state index in [1.165, 1.54) is 7.11 Å². The standard InChI is InChI=1S/C13H22N2O3/c1-18-13(17)11-7-4-8-15(11)12(16)9-5-2-3-6-10(9)14/h9-11H,2-8,14H2,1H3. The summed E-state index contributed by atoms with van der Waals surface area (Å²) in [5, 5.41) is 0. The molecule has 0 bridgehead atoms. The maximum atomic E-state index is 12.5. The number of hydrogen-bond donors (Lipinski definition) is 1. The smallest absolute Gasteiger partial charge is 0.328 e. The molecule has 1 amide bonds. The lowest BCUT2D eigenvalue weighted by molar-refractivity contribution is -0.153. The predicted molar refractivity (Wildman–Crippen MR) is 66.7 cm³/mol. The van der Waals surface area contributed by atoms with E-state index in [-0.39, 0.29) is 23.8 Å². The Hall–Kier alpha value is -1.10. The molecule has 1 aliphatic heterocycles. The van der Waals surface area contributed by atoms with E-state index in [1.54, 1.807) is 4.90 Å². The second kappa shape index (κ2) is 5.69. The Morgan fingerprint density at radius 2 is 1.89 bits per heavy atom. The number of carbonyl (C=O) groups excluding carboxylic acids is 2. The lowest BCUT2D eigenvalue weighted by Gasteiger charge is -2.32. The number of esters is 1. The van der Waals surface area contributed by atoms with Gasteiger partial charge in [0.2, 0.25) is 5.91 Å². The summed E-state index contributed by atoms with van der Waals surface area (Å²) in [6, 6.07) is -0.443. The fourth-order valence-electron chi connectivity index (χ4n) is 3.09. The molecule has 5 nitrogen and oxygen atoms in total. The molecule has 2 rings (SSSR count). The van der Waals surface area contributed by atoms with Gasteiger partial charge in [-0.2, -0.15) is 0 Å². The SMILES string of the molecule is COC(=O)C1CCCN1C(=O)C1CCCCC1N. The molecule has 5 heteroatoms. The molecule has 0 aromatic rings. The molecule has 0 aromatic heterocycles. The number of nitrogens with two attached hydrogens (primary N) is 1. The van der Waals surface area contributed by atoms with Gasteiger partial charge in [0.05, 0.1) is 13.0 Å². The van der Waals surface area contributed by atoms with Crippen LogP contribution in [-0.4, -0.2) is 42.5 Å². The van der Waals surface area contributed by atoms with E-state index in [1.807, 2.05) is 0 Å². The Morgan fingerprint density at radius 1 is 1.17 bits per heavy atom. The molecule has 3 atom stereocenters. The molecule has 1 saturated heterocycles. The zero-order valence-electron chi connectivity index (χ0n) is 10.9. The quantitative estimate of drug-likeness (QED) is 0.735. The average molecular weight is 254 g/mol. The third-order valence-corrected chi connectivity index (χ3v) is 4.15. The molecule has 1 aliphatic carbocycles. The van der Waals surface area contributed by atoms with Crippen molar-refractivity contribution in [1.29, 1.82) is 0 Å². The summed E-state index contributed by atoms with van der Waals surface area (Å²) < 4.78 is 4.76. The Morgan fingerprint density at radius 3 is 2.56 bits per heavy atom. The second-order valence-electron chi connectivity index (χ2n) is 5.27. The Balaban J connectivity index is 2.05. The van der Waals surface area contributed by atoms with E-state index in [2.05, 4.69) is 0 Å². The van der Waals surface area contributed by atoms with E-state index >= 15 is 0 Å². The van der Waals surface area contributed by atoms with Crippen molar-refractivity contribution in [3.8, 4) is 0 Å². The molecule has 102 valence electrons. The highest BCUT2D eigenvalue weighted by molar-refractivity contribution is 5.86. The van der Waals surface area contributed by atoms with Crippen LogP contribution >= 0.6 is 0 Å². The van der Waals surface area contributed by atoms with Crippen LogP contribution in [0.4, 0.5) is 0 Å². The van der Waals surface area contributed by atoms with Gasteiger partial charge in [-0.15, -0.1) is 0 Å². The molecule has 0 aromatic carbocycles. The van der Waals surface area contributed by atoms with Crippen LogP contribution < -0.4 is 5.73 Å². The van der Waals surface area contributed by atoms with Crippen molar-refractivity contribution >= 4 is 11.9 Å². The van der Waals surface area contributed by atoms with Crippen molar-refractivity contribution in [3.63, 3.8) is 0 Å². The summed E-state index contributed by atoms with van der Waals surface area (Å²) in [6.45, 7) is 0.655.